The molecule has 1 amide bonds. The molecule has 29 heavy (non-hydrogen) atoms. The van der Waals surface area contributed by atoms with Crippen LogP contribution in [0.1, 0.15) is 15.9 Å². The number of rotatable bonds is 7. The highest BCUT2D eigenvalue weighted by Gasteiger charge is 2.15. The van der Waals surface area contributed by atoms with E-state index in [-0.39, 0.29) is 12.5 Å². The highest BCUT2D eigenvalue weighted by molar-refractivity contribution is 7.81. The van der Waals surface area contributed by atoms with Crippen molar-refractivity contribution in [3.05, 3.63) is 78.1 Å². The number of nitrogens with two attached hydrogens (primary N) is 1. The minimum atomic E-state index is -1.28. The van der Waals surface area contributed by atoms with Crippen molar-refractivity contribution in [2.75, 3.05) is 5.32 Å². The average molecular weight is 409 g/mol. The van der Waals surface area contributed by atoms with Crippen LogP contribution in [-0.4, -0.2) is 27.4 Å². The first-order valence-corrected chi connectivity index (χ1v) is 9.22. The molecule has 148 valence electrons. The summed E-state index contributed by atoms with van der Waals surface area (Å²) in [6.07, 6.45) is 3.19. The van der Waals surface area contributed by atoms with Crippen LogP contribution in [0.5, 0.6) is 5.75 Å². The van der Waals surface area contributed by atoms with Crippen LogP contribution in [0.3, 0.4) is 0 Å². The second-order valence-corrected chi connectivity index (χ2v) is 6.57. The Bertz CT molecular complexity index is 1030. The number of aromatic nitrogens is 1. The summed E-state index contributed by atoms with van der Waals surface area (Å²) >= 11 is 3.89. The molecule has 7 nitrogen and oxygen atoms in total. The molecule has 0 bridgehead atoms. The Labute approximate surface area is 173 Å². The number of hydrogen-bond acceptors (Lipinski definition) is 6. The molecule has 3 rings (SSSR count). The highest BCUT2D eigenvalue weighted by atomic mass is 32.1. The van der Waals surface area contributed by atoms with E-state index < -0.39 is 11.4 Å². The van der Waals surface area contributed by atoms with E-state index in [9.17, 15) is 9.59 Å². The van der Waals surface area contributed by atoms with Gasteiger partial charge in [0, 0.05) is 30.2 Å². The summed E-state index contributed by atoms with van der Waals surface area (Å²) in [6.45, 7) is 0.275. The van der Waals surface area contributed by atoms with Crippen molar-refractivity contribution in [1.29, 1.82) is 0 Å². The van der Waals surface area contributed by atoms with Crippen LogP contribution in [0.25, 0.3) is 11.1 Å². The highest BCUT2D eigenvalue weighted by Crippen LogP contribution is 2.29. The second-order valence-electron chi connectivity index (χ2n) is 6.10. The van der Waals surface area contributed by atoms with E-state index in [0.717, 1.165) is 16.7 Å². The van der Waals surface area contributed by atoms with Gasteiger partial charge in [0.2, 0.25) is 5.44 Å². The van der Waals surface area contributed by atoms with Gasteiger partial charge in [-0.15, -0.1) is 12.6 Å². The maximum atomic E-state index is 12.6. The standard InChI is InChI=1S/C21H19N3O4S/c22-12-15-5-4-14(19(25)24-16-6-8-23-9-7-16)11-18(15)13-2-1-3-17(10-13)28-21(29)20(26)27/h1-11,21,29H,12,22H2,(H,26,27)(H,23,24,25). The maximum Gasteiger partial charge on any atom is 0.355 e. The number of nitrogens with one attached hydrogen (secondary N) is 1. The number of carboxylic acids is 1. The molecule has 0 aliphatic rings. The number of carbonyl (C=O) groups excluding carboxylic acids is 1. The van der Waals surface area contributed by atoms with Gasteiger partial charge in [-0.05, 0) is 53.1 Å². The summed E-state index contributed by atoms with van der Waals surface area (Å²) < 4.78 is 5.32. The Morgan fingerprint density at radius 2 is 1.90 bits per heavy atom. The smallest absolute Gasteiger partial charge is 0.355 e. The summed E-state index contributed by atoms with van der Waals surface area (Å²) in [4.78, 5) is 27.5. The molecule has 1 unspecified atom stereocenters. The number of ether oxygens (including phenoxy) is 1. The van der Waals surface area contributed by atoms with Crippen molar-refractivity contribution in [3.63, 3.8) is 0 Å². The van der Waals surface area contributed by atoms with Crippen LogP contribution in [-0.2, 0) is 11.3 Å². The fourth-order valence-electron chi connectivity index (χ4n) is 2.72. The van der Waals surface area contributed by atoms with Crippen molar-refractivity contribution in [3.8, 4) is 16.9 Å². The Balaban J connectivity index is 1.91. The van der Waals surface area contributed by atoms with Crippen molar-refractivity contribution in [2.45, 2.75) is 12.0 Å². The molecule has 4 N–H and O–H groups in total. The molecule has 0 fully saturated rings. The number of nitrogens with zero attached hydrogens (tertiary/aromatic N) is 1. The van der Waals surface area contributed by atoms with Crippen LogP contribution in [0, 0.1) is 0 Å². The van der Waals surface area contributed by atoms with Crippen LogP contribution in [0.2, 0.25) is 0 Å². The van der Waals surface area contributed by atoms with Gasteiger partial charge in [-0.25, -0.2) is 4.79 Å². The SMILES string of the molecule is NCc1ccc(C(=O)Nc2ccncc2)cc1-c1cccc(OC(S)C(=O)O)c1. The topological polar surface area (TPSA) is 115 Å². The van der Waals surface area contributed by atoms with E-state index in [4.69, 9.17) is 15.6 Å². The summed E-state index contributed by atoms with van der Waals surface area (Å²) in [7, 11) is 0. The van der Waals surface area contributed by atoms with Crippen LogP contribution < -0.4 is 15.8 Å². The summed E-state index contributed by atoms with van der Waals surface area (Å²) in [5.74, 6) is -1.11. The lowest BCUT2D eigenvalue weighted by Gasteiger charge is -2.14. The molecule has 1 heterocycles. The molecule has 2 aromatic carbocycles. The van der Waals surface area contributed by atoms with Gasteiger partial charge in [-0.2, -0.15) is 0 Å². The quantitative estimate of drug-likeness (QED) is 0.352. The van der Waals surface area contributed by atoms with E-state index in [2.05, 4.69) is 22.9 Å². The lowest BCUT2D eigenvalue weighted by molar-refractivity contribution is -0.140. The van der Waals surface area contributed by atoms with Crippen LogP contribution in [0.4, 0.5) is 5.69 Å². The number of pyridine rings is 1. The first-order valence-electron chi connectivity index (χ1n) is 8.70. The van der Waals surface area contributed by atoms with Gasteiger partial charge in [-0.1, -0.05) is 18.2 Å². The normalized spacial score (nSPS) is 11.5. The molecule has 1 aromatic heterocycles. The minimum Gasteiger partial charge on any atom is -0.478 e. The lowest BCUT2D eigenvalue weighted by Crippen LogP contribution is -2.20. The summed E-state index contributed by atoms with van der Waals surface area (Å²) in [5, 5.41) is 11.8. The van der Waals surface area contributed by atoms with Gasteiger partial charge in [0.05, 0.1) is 0 Å². The number of aliphatic carboxylic acids is 1. The zero-order valence-corrected chi connectivity index (χ0v) is 16.2. The zero-order valence-electron chi connectivity index (χ0n) is 15.3. The molecule has 0 saturated heterocycles. The van der Waals surface area contributed by atoms with E-state index >= 15 is 0 Å². The van der Waals surface area contributed by atoms with Gasteiger partial charge in [0.15, 0.2) is 0 Å². The molecule has 1 atom stereocenters. The van der Waals surface area contributed by atoms with Crippen LogP contribution in [0.15, 0.2) is 67.0 Å². The third-order valence-corrected chi connectivity index (χ3v) is 4.46. The monoisotopic (exact) mass is 409 g/mol. The predicted molar refractivity (Wildman–Crippen MR) is 113 cm³/mol. The molecular weight excluding hydrogens is 390 g/mol. The van der Waals surface area contributed by atoms with Gasteiger partial charge in [-0.3, -0.25) is 9.78 Å². The number of thiol groups is 1. The Kier molecular flexibility index (Phi) is 6.48. The van der Waals surface area contributed by atoms with Crippen LogP contribution >= 0.6 is 12.6 Å². The van der Waals surface area contributed by atoms with Gasteiger partial charge in [0.25, 0.3) is 5.91 Å². The molecule has 0 aliphatic heterocycles. The van der Waals surface area contributed by atoms with Crippen molar-refractivity contribution in [2.24, 2.45) is 5.73 Å². The molecule has 0 aliphatic carbocycles. The second kappa shape index (κ2) is 9.22. The largest absolute Gasteiger partial charge is 0.478 e. The van der Waals surface area contributed by atoms with E-state index in [1.54, 1.807) is 60.9 Å². The van der Waals surface area contributed by atoms with Crippen molar-refractivity contribution in [1.82, 2.24) is 4.98 Å². The lowest BCUT2D eigenvalue weighted by atomic mass is 9.96. The predicted octanol–water partition coefficient (Wildman–Crippen LogP) is 3.18. The Hall–Kier alpha value is -3.36. The van der Waals surface area contributed by atoms with E-state index in [1.165, 1.54) is 0 Å². The molecule has 0 saturated carbocycles. The summed E-state index contributed by atoms with van der Waals surface area (Å²) in [5.41, 5.74) is 8.02. The van der Waals surface area contributed by atoms with Gasteiger partial charge >= 0.3 is 5.97 Å². The number of anilines is 1. The Morgan fingerprint density at radius 1 is 1.14 bits per heavy atom. The van der Waals surface area contributed by atoms with Crippen molar-refractivity contribution < 1.29 is 19.4 Å². The molecule has 0 radical (unpaired) electrons. The average Bonchev–Trinajstić information content (AvgIpc) is 2.74. The number of carboxylic acid groups (broad SMARTS) is 1. The number of amides is 1. The molecular formula is C21H19N3O4S. The van der Waals surface area contributed by atoms with Crippen molar-refractivity contribution >= 4 is 30.2 Å². The molecule has 3 aromatic rings. The first-order chi connectivity index (χ1) is 14.0. The molecule has 8 heteroatoms. The first kappa shape index (κ1) is 20.4. The van der Waals surface area contributed by atoms with E-state index in [0.29, 0.717) is 17.0 Å². The number of carbonyl (C=O) groups is 2. The fourth-order valence-corrected chi connectivity index (χ4v) is 2.84. The number of benzene rings is 2. The third-order valence-electron chi connectivity index (χ3n) is 4.13. The Morgan fingerprint density at radius 3 is 2.59 bits per heavy atom. The van der Waals surface area contributed by atoms with Gasteiger partial charge < -0.3 is 20.9 Å². The fraction of sp³-hybridized carbons (Fsp3) is 0.0952. The number of hydrogen-bond donors (Lipinski definition) is 4. The maximum absolute atomic E-state index is 12.6. The molecule has 0 spiro atoms. The summed E-state index contributed by atoms with van der Waals surface area (Å²) in [6, 6.07) is 15.5. The van der Waals surface area contributed by atoms with Gasteiger partial charge in [0.1, 0.15) is 5.75 Å². The third kappa shape index (κ3) is 5.13. The minimum absolute atomic E-state index is 0.269. The zero-order chi connectivity index (χ0) is 20.8. The van der Waals surface area contributed by atoms with E-state index in [1.807, 2.05) is 6.07 Å².